The summed E-state index contributed by atoms with van der Waals surface area (Å²) in [6.07, 6.45) is 0. The Bertz CT molecular complexity index is 271. The molecule has 1 aromatic rings. The first-order valence-corrected chi connectivity index (χ1v) is 3.26. The van der Waals surface area contributed by atoms with Gasteiger partial charge in [-0.15, -0.1) is 0 Å². The summed E-state index contributed by atoms with van der Waals surface area (Å²) in [5.41, 5.74) is 6.17. The van der Waals surface area contributed by atoms with E-state index in [9.17, 15) is 0 Å². The normalized spacial score (nSPS) is 9.18. The van der Waals surface area contributed by atoms with Crippen molar-refractivity contribution >= 4 is 5.84 Å². The number of hydrogen-bond acceptors (Lipinski definition) is 1. The van der Waals surface area contributed by atoms with Crippen LogP contribution in [-0.4, -0.2) is 12.9 Å². The predicted molar refractivity (Wildman–Crippen MR) is 43.2 cm³/mol. The van der Waals surface area contributed by atoms with Gasteiger partial charge in [-0.3, -0.25) is 11.1 Å². The Morgan fingerprint density at radius 2 is 2.27 bits per heavy atom. The molecule has 0 amide bonds. The first-order chi connectivity index (χ1) is 5.24. The second kappa shape index (κ2) is 3.05. The second-order valence-corrected chi connectivity index (χ2v) is 2.19. The van der Waals surface area contributed by atoms with Crippen LogP contribution in [-0.2, 0) is 0 Å². The van der Waals surface area contributed by atoms with E-state index in [0.29, 0.717) is 5.84 Å². The lowest BCUT2D eigenvalue weighted by Gasteiger charge is -1.98. The fourth-order valence-corrected chi connectivity index (χ4v) is 0.803. The minimum Gasteiger partial charge on any atom is -0.497 e. The Morgan fingerprint density at radius 1 is 1.55 bits per heavy atom. The fourth-order valence-electron chi connectivity index (χ4n) is 0.803. The number of amidine groups is 1. The molecule has 3 nitrogen and oxygen atoms in total. The molecule has 0 aromatic heterocycles. The molecule has 0 aliphatic rings. The summed E-state index contributed by atoms with van der Waals surface area (Å²) in [4.78, 5) is 0. The first kappa shape index (κ1) is 7.60. The molecule has 0 atom stereocenters. The molecule has 1 aromatic carbocycles. The van der Waals surface area contributed by atoms with Crippen molar-refractivity contribution in [2.75, 3.05) is 7.11 Å². The average Bonchev–Trinajstić information content (AvgIpc) is 2.05. The summed E-state index contributed by atoms with van der Waals surface area (Å²) in [5, 5.41) is 5.38. The Balaban J connectivity index is 3.01. The predicted octanol–water partition coefficient (Wildman–Crippen LogP) is -0.840. The van der Waals surface area contributed by atoms with E-state index in [4.69, 9.17) is 15.9 Å². The maximum Gasteiger partial charge on any atom is 0.270 e. The van der Waals surface area contributed by atoms with E-state index in [0.717, 1.165) is 11.3 Å². The van der Waals surface area contributed by atoms with Gasteiger partial charge in [-0.05, 0) is 18.2 Å². The van der Waals surface area contributed by atoms with Gasteiger partial charge in [0, 0.05) is 0 Å². The topological polar surface area (TPSA) is 60.8 Å². The van der Waals surface area contributed by atoms with E-state index in [1.807, 2.05) is 18.2 Å². The molecular formula is C8H11N2O+. The molecule has 0 fully saturated rings. The van der Waals surface area contributed by atoms with E-state index in [1.54, 1.807) is 13.2 Å². The van der Waals surface area contributed by atoms with Crippen LogP contribution >= 0.6 is 0 Å². The van der Waals surface area contributed by atoms with Gasteiger partial charge in [0.2, 0.25) is 0 Å². The van der Waals surface area contributed by atoms with E-state index in [2.05, 4.69) is 0 Å². The van der Waals surface area contributed by atoms with Gasteiger partial charge < -0.3 is 4.74 Å². The van der Waals surface area contributed by atoms with Gasteiger partial charge in [0.15, 0.2) is 0 Å². The molecular weight excluding hydrogens is 140 g/mol. The van der Waals surface area contributed by atoms with Crippen LogP contribution in [0.2, 0.25) is 0 Å². The Labute approximate surface area is 65.3 Å². The SMILES string of the molecule is COc1cccc(C(N)=[NH2+])c1. The van der Waals surface area contributed by atoms with Gasteiger partial charge in [0.05, 0.1) is 12.7 Å². The molecule has 0 saturated heterocycles. The first-order valence-electron chi connectivity index (χ1n) is 3.26. The summed E-state index contributed by atoms with van der Waals surface area (Å²) < 4.78 is 4.98. The molecule has 11 heavy (non-hydrogen) atoms. The van der Waals surface area contributed by atoms with E-state index >= 15 is 0 Å². The molecule has 4 N–H and O–H groups in total. The number of methoxy groups -OCH3 is 1. The van der Waals surface area contributed by atoms with Crippen molar-refractivity contribution in [2.24, 2.45) is 5.73 Å². The summed E-state index contributed by atoms with van der Waals surface area (Å²) in [5.74, 6) is 1.07. The standard InChI is InChI=1S/C8H10N2O/c1-11-7-4-2-3-6(5-7)8(9)10/h2-5H,1H3,(H3,9,10)/p+1. The average molecular weight is 151 g/mol. The van der Waals surface area contributed by atoms with E-state index < -0.39 is 0 Å². The van der Waals surface area contributed by atoms with Crippen molar-refractivity contribution < 1.29 is 10.1 Å². The van der Waals surface area contributed by atoms with Gasteiger partial charge in [0.1, 0.15) is 5.75 Å². The zero-order valence-electron chi connectivity index (χ0n) is 6.37. The number of rotatable bonds is 2. The van der Waals surface area contributed by atoms with Crippen molar-refractivity contribution in [3.05, 3.63) is 29.8 Å². The maximum absolute atomic E-state index is 5.38. The lowest BCUT2D eigenvalue weighted by Crippen LogP contribution is -2.46. The Hall–Kier alpha value is -1.51. The molecule has 0 aliphatic carbocycles. The molecule has 0 aliphatic heterocycles. The van der Waals surface area contributed by atoms with Crippen molar-refractivity contribution in [2.45, 2.75) is 0 Å². The van der Waals surface area contributed by atoms with Gasteiger partial charge in [0.25, 0.3) is 5.84 Å². The smallest absolute Gasteiger partial charge is 0.270 e. The molecule has 0 spiro atoms. The van der Waals surface area contributed by atoms with E-state index in [1.165, 1.54) is 0 Å². The highest BCUT2D eigenvalue weighted by Gasteiger charge is 2.00. The third-order valence-corrected chi connectivity index (χ3v) is 1.40. The highest BCUT2D eigenvalue weighted by molar-refractivity contribution is 5.92. The monoisotopic (exact) mass is 151 g/mol. The Kier molecular flexibility index (Phi) is 2.11. The summed E-state index contributed by atoms with van der Waals surface area (Å²) in [7, 11) is 1.60. The van der Waals surface area contributed by atoms with E-state index in [-0.39, 0.29) is 0 Å². The number of nitrogens with two attached hydrogens (primary N) is 2. The maximum atomic E-state index is 5.38. The Morgan fingerprint density at radius 3 is 2.82 bits per heavy atom. The molecule has 0 bridgehead atoms. The zero-order chi connectivity index (χ0) is 8.27. The van der Waals surface area contributed by atoms with Crippen molar-refractivity contribution in [3.8, 4) is 5.75 Å². The quantitative estimate of drug-likeness (QED) is 0.427. The third-order valence-electron chi connectivity index (χ3n) is 1.40. The highest BCUT2D eigenvalue weighted by atomic mass is 16.5. The van der Waals surface area contributed by atoms with Crippen LogP contribution in [0.4, 0.5) is 0 Å². The lowest BCUT2D eigenvalue weighted by atomic mass is 10.2. The van der Waals surface area contributed by atoms with Crippen LogP contribution in [0.3, 0.4) is 0 Å². The second-order valence-electron chi connectivity index (χ2n) is 2.19. The largest absolute Gasteiger partial charge is 0.497 e. The van der Waals surface area contributed by atoms with Crippen LogP contribution in [0.15, 0.2) is 24.3 Å². The van der Waals surface area contributed by atoms with Gasteiger partial charge in [-0.1, -0.05) is 6.07 Å². The molecule has 0 saturated carbocycles. The van der Waals surface area contributed by atoms with Gasteiger partial charge >= 0.3 is 0 Å². The minimum atomic E-state index is 0.309. The molecule has 0 heterocycles. The van der Waals surface area contributed by atoms with Crippen LogP contribution < -0.4 is 15.9 Å². The minimum absolute atomic E-state index is 0.309. The number of benzene rings is 1. The fraction of sp³-hybridized carbons (Fsp3) is 0.125. The molecule has 3 heteroatoms. The summed E-state index contributed by atoms with van der Waals surface area (Å²) in [6, 6.07) is 7.30. The highest BCUT2D eigenvalue weighted by Crippen LogP contribution is 2.10. The van der Waals surface area contributed by atoms with Crippen LogP contribution in [0.25, 0.3) is 0 Å². The number of ether oxygens (including phenoxy) is 1. The molecule has 1 rings (SSSR count). The van der Waals surface area contributed by atoms with Crippen molar-refractivity contribution in [1.82, 2.24) is 0 Å². The molecule has 0 radical (unpaired) electrons. The summed E-state index contributed by atoms with van der Waals surface area (Å²) >= 11 is 0. The van der Waals surface area contributed by atoms with Gasteiger partial charge in [-0.25, -0.2) is 0 Å². The number of hydrogen-bond donors (Lipinski definition) is 2. The van der Waals surface area contributed by atoms with Crippen LogP contribution in [0.5, 0.6) is 5.75 Å². The zero-order valence-corrected chi connectivity index (χ0v) is 6.37. The van der Waals surface area contributed by atoms with Crippen molar-refractivity contribution in [1.29, 1.82) is 0 Å². The van der Waals surface area contributed by atoms with Crippen molar-refractivity contribution in [3.63, 3.8) is 0 Å². The molecule has 58 valence electrons. The van der Waals surface area contributed by atoms with Gasteiger partial charge in [-0.2, -0.15) is 0 Å². The summed E-state index contributed by atoms with van der Waals surface area (Å²) in [6.45, 7) is 0. The molecule has 0 unspecified atom stereocenters. The lowest BCUT2D eigenvalue weighted by molar-refractivity contribution is -0.114. The van der Waals surface area contributed by atoms with Crippen LogP contribution in [0, 0.1) is 0 Å². The van der Waals surface area contributed by atoms with Crippen LogP contribution in [0.1, 0.15) is 5.56 Å². The third kappa shape index (κ3) is 1.70.